The predicted molar refractivity (Wildman–Crippen MR) is 78.5 cm³/mol. The Labute approximate surface area is 122 Å². The SMILES string of the molecule is CCOC(=O)C1CCCC(NC(C)C2CCOCC2)C1. The predicted octanol–water partition coefficient (Wildman–Crippen LogP) is 2.51. The van der Waals surface area contributed by atoms with E-state index in [-0.39, 0.29) is 11.9 Å². The standard InChI is InChI=1S/C16H29NO3/c1-3-20-16(18)14-5-4-6-15(11-14)17-12(2)13-7-9-19-10-8-13/h12-15,17H,3-11H2,1-2H3. The normalized spacial score (nSPS) is 29.9. The van der Waals surface area contributed by atoms with Crippen molar-refractivity contribution in [2.75, 3.05) is 19.8 Å². The first-order valence-electron chi connectivity index (χ1n) is 8.21. The Morgan fingerprint density at radius 3 is 2.75 bits per heavy atom. The van der Waals surface area contributed by atoms with E-state index in [2.05, 4.69) is 12.2 Å². The van der Waals surface area contributed by atoms with Crippen molar-refractivity contribution in [3.63, 3.8) is 0 Å². The molecule has 4 heteroatoms. The van der Waals surface area contributed by atoms with Crippen molar-refractivity contribution >= 4 is 5.97 Å². The summed E-state index contributed by atoms with van der Waals surface area (Å²) in [6.07, 6.45) is 6.55. The van der Waals surface area contributed by atoms with E-state index in [1.54, 1.807) is 0 Å². The van der Waals surface area contributed by atoms with E-state index in [9.17, 15) is 4.79 Å². The fourth-order valence-corrected chi connectivity index (χ4v) is 3.54. The van der Waals surface area contributed by atoms with E-state index in [0.717, 1.165) is 45.3 Å². The highest BCUT2D eigenvalue weighted by Crippen LogP contribution is 2.27. The molecule has 0 aromatic rings. The van der Waals surface area contributed by atoms with E-state index < -0.39 is 0 Å². The molecule has 3 atom stereocenters. The first-order valence-corrected chi connectivity index (χ1v) is 8.21. The maximum Gasteiger partial charge on any atom is 0.308 e. The van der Waals surface area contributed by atoms with Gasteiger partial charge < -0.3 is 14.8 Å². The number of carbonyl (C=O) groups excluding carboxylic acids is 1. The zero-order valence-electron chi connectivity index (χ0n) is 12.9. The number of nitrogens with one attached hydrogen (secondary N) is 1. The zero-order valence-corrected chi connectivity index (χ0v) is 12.9. The summed E-state index contributed by atoms with van der Waals surface area (Å²) in [7, 11) is 0. The number of hydrogen-bond acceptors (Lipinski definition) is 4. The third-order valence-corrected chi connectivity index (χ3v) is 4.77. The van der Waals surface area contributed by atoms with Crippen LogP contribution in [0.5, 0.6) is 0 Å². The van der Waals surface area contributed by atoms with Crippen LogP contribution < -0.4 is 5.32 Å². The molecule has 116 valence electrons. The Morgan fingerprint density at radius 1 is 1.30 bits per heavy atom. The quantitative estimate of drug-likeness (QED) is 0.788. The minimum absolute atomic E-state index is 0.00211. The summed E-state index contributed by atoms with van der Waals surface area (Å²) in [5, 5.41) is 3.75. The van der Waals surface area contributed by atoms with Gasteiger partial charge in [0.05, 0.1) is 12.5 Å². The van der Waals surface area contributed by atoms with Crippen LogP contribution in [0.15, 0.2) is 0 Å². The zero-order chi connectivity index (χ0) is 14.4. The fraction of sp³-hybridized carbons (Fsp3) is 0.938. The number of ether oxygens (including phenoxy) is 2. The van der Waals surface area contributed by atoms with Gasteiger partial charge >= 0.3 is 5.97 Å². The molecule has 1 heterocycles. The van der Waals surface area contributed by atoms with Gasteiger partial charge in [-0.15, -0.1) is 0 Å². The van der Waals surface area contributed by atoms with Crippen LogP contribution in [0.3, 0.4) is 0 Å². The van der Waals surface area contributed by atoms with Crippen LogP contribution in [0.4, 0.5) is 0 Å². The first kappa shape index (κ1) is 15.8. The molecule has 0 spiro atoms. The molecule has 0 aromatic heterocycles. The summed E-state index contributed by atoms with van der Waals surface area (Å²) in [5.41, 5.74) is 0. The van der Waals surface area contributed by atoms with Gasteiger partial charge in [-0.25, -0.2) is 0 Å². The monoisotopic (exact) mass is 283 g/mol. The molecular weight excluding hydrogens is 254 g/mol. The Balaban J connectivity index is 1.78. The second-order valence-electron chi connectivity index (χ2n) is 6.22. The van der Waals surface area contributed by atoms with Crippen molar-refractivity contribution in [3.05, 3.63) is 0 Å². The van der Waals surface area contributed by atoms with Gasteiger partial charge in [0.1, 0.15) is 0 Å². The Morgan fingerprint density at radius 2 is 2.05 bits per heavy atom. The summed E-state index contributed by atoms with van der Waals surface area (Å²) in [6.45, 7) is 6.44. The largest absolute Gasteiger partial charge is 0.466 e. The molecule has 2 rings (SSSR count). The van der Waals surface area contributed by atoms with Gasteiger partial charge in [0.25, 0.3) is 0 Å². The second-order valence-corrected chi connectivity index (χ2v) is 6.22. The summed E-state index contributed by atoms with van der Waals surface area (Å²) in [6, 6.07) is 0.987. The van der Waals surface area contributed by atoms with E-state index in [4.69, 9.17) is 9.47 Å². The van der Waals surface area contributed by atoms with Gasteiger partial charge in [-0.1, -0.05) is 6.42 Å². The summed E-state index contributed by atoms with van der Waals surface area (Å²) < 4.78 is 10.6. The lowest BCUT2D eigenvalue weighted by Crippen LogP contribution is -2.45. The lowest BCUT2D eigenvalue weighted by Gasteiger charge is -2.35. The van der Waals surface area contributed by atoms with Crippen molar-refractivity contribution in [3.8, 4) is 0 Å². The van der Waals surface area contributed by atoms with Crippen LogP contribution in [0.2, 0.25) is 0 Å². The molecule has 1 aliphatic heterocycles. The number of esters is 1. The third-order valence-electron chi connectivity index (χ3n) is 4.77. The van der Waals surface area contributed by atoms with Crippen LogP contribution >= 0.6 is 0 Å². The maximum absolute atomic E-state index is 11.9. The summed E-state index contributed by atoms with van der Waals surface area (Å²) >= 11 is 0. The number of hydrogen-bond donors (Lipinski definition) is 1. The average molecular weight is 283 g/mol. The topological polar surface area (TPSA) is 47.6 Å². The van der Waals surface area contributed by atoms with Crippen LogP contribution in [0, 0.1) is 11.8 Å². The minimum Gasteiger partial charge on any atom is -0.466 e. The molecule has 1 aliphatic carbocycles. The molecule has 4 nitrogen and oxygen atoms in total. The van der Waals surface area contributed by atoms with Crippen molar-refractivity contribution in [2.24, 2.45) is 11.8 Å². The highest BCUT2D eigenvalue weighted by Gasteiger charge is 2.30. The van der Waals surface area contributed by atoms with Gasteiger partial charge in [0.15, 0.2) is 0 Å². The Hall–Kier alpha value is -0.610. The molecule has 20 heavy (non-hydrogen) atoms. The Kier molecular flexibility index (Phi) is 6.30. The third kappa shape index (κ3) is 4.45. The number of carbonyl (C=O) groups is 1. The van der Waals surface area contributed by atoms with E-state index >= 15 is 0 Å². The Bertz CT molecular complexity index is 302. The molecule has 2 fully saturated rings. The molecule has 0 bridgehead atoms. The minimum atomic E-state index is -0.00211. The van der Waals surface area contributed by atoms with Crippen molar-refractivity contribution in [2.45, 2.75) is 64.5 Å². The lowest BCUT2D eigenvalue weighted by molar-refractivity contribution is -0.149. The average Bonchev–Trinajstić information content (AvgIpc) is 2.48. The molecular formula is C16H29NO3. The summed E-state index contributed by atoms with van der Waals surface area (Å²) in [4.78, 5) is 11.9. The van der Waals surface area contributed by atoms with Crippen LogP contribution in [0.25, 0.3) is 0 Å². The number of rotatable bonds is 5. The lowest BCUT2D eigenvalue weighted by atomic mass is 9.84. The first-order chi connectivity index (χ1) is 9.70. The van der Waals surface area contributed by atoms with E-state index in [1.807, 2.05) is 6.92 Å². The van der Waals surface area contributed by atoms with Gasteiger partial charge in [-0.05, 0) is 51.9 Å². The van der Waals surface area contributed by atoms with E-state index in [1.165, 1.54) is 6.42 Å². The molecule has 0 amide bonds. The molecule has 0 aromatic carbocycles. The second kappa shape index (κ2) is 7.99. The molecule has 1 saturated carbocycles. The summed E-state index contributed by atoms with van der Waals surface area (Å²) in [5.74, 6) is 0.813. The molecule has 2 aliphatic rings. The smallest absolute Gasteiger partial charge is 0.308 e. The molecule has 1 saturated heterocycles. The molecule has 0 radical (unpaired) electrons. The molecule has 1 N–H and O–H groups in total. The van der Waals surface area contributed by atoms with Gasteiger partial charge in [-0.3, -0.25) is 4.79 Å². The van der Waals surface area contributed by atoms with Crippen LogP contribution in [-0.2, 0) is 14.3 Å². The van der Waals surface area contributed by atoms with Gasteiger partial charge in [0, 0.05) is 25.3 Å². The van der Waals surface area contributed by atoms with Crippen LogP contribution in [-0.4, -0.2) is 37.9 Å². The van der Waals surface area contributed by atoms with Crippen LogP contribution in [0.1, 0.15) is 52.4 Å². The highest BCUT2D eigenvalue weighted by molar-refractivity contribution is 5.72. The van der Waals surface area contributed by atoms with Crippen molar-refractivity contribution in [1.29, 1.82) is 0 Å². The van der Waals surface area contributed by atoms with Crippen molar-refractivity contribution in [1.82, 2.24) is 5.32 Å². The van der Waals surface area contributed by atoms with Gasteiger partial charge in [0.2, 0.25) is 0 Å². The fourth-order valence-electron chi connectivity index (χ4n) is 3.54. The van der Waals surface area contributed by atoms with Crippen molar-refractivity contribution < 1.29 is 14.3 Å². The van der Waals surface area contributed by atoms with E-state index in [0.29, 0.717) is 24.6 Å². The van der Waals surface area contributed by atoms with Gasteiger partial charge in [-0.2, -0.15) is 0 Å². The maximum atomic E-state index is 11.9. The highest BCUT2D eigenvalue weighted by atomic mass is 16.5. The molecule has 3 unspecified atom stereocenters.